The van der Waals surface area contributed by atoms with Crippen LogP contribution in [0.3, 0.4) is 0 Å². The second-order valence-electron chi connectivity index (χ2n) is 8.74. The third-order valence-corrected chi connectivity index (χ3v) is 8.37. The van der Waals surface area contributed by atoms with Gasteiger partial charge in [-0.25, -0.2) is 8.42 Å². The summed E-state index contributed by atoms with van der Waals surface area (Å²) in [5, 5.41) is 2.97. The molecule has 0 heterocycles. The predicted molar refractivity (Wildman–Crippen MR) is 151 cm³/mol. The third-order valence-electron chi connectivity index (χ3n) is 6.35. The Morgan fingerprint density at radius 2 is 1.62 bits per heavy atom. The number of hydrogen-bond acceptors (Lipinski definition) is 6. The summed E-state index contributed by atoms with van der Waals surface area (Å²) in [5.41, 5.74) is 2.00. The first-order valence-corrected chi connectivity index (χ1v) is 13.9. The quantitative estimate of drug-likeness (QED) is 0.371. The number of likely N-dealkylation sites (N-methyl/N-ethyl adjacent to an activating group) is 1. The number of hydrogen-bond donors (Lipinski definition) is 1. The maximum Gasteiger partial charge on any atom is 0.264 e. The number of aryl methyl sites for hydroxylation is 1. The number of nitrogens with zero attached hydrogens (tertiary/aromatic N) is 2. The Balaban J connectivity index is 2.08. The number of methoxy groups -OCH3 is 2. The summed E-state index contributed by atoms with van der Waals surface area (Å²) >= 11 is 6.06. The van der Waals surface area contributed by atoms with Gasteiger partial charge in [0, 0.05) is 24.7 Å². The number of carbonyl (C=O) groups excluding carboxylic acids is 2. The van der Waals surface area contributed by atoms with E-state index in [4.69, 9.17) is 21.1 Å². The summed E-state index contributed by atoms with van der Waals surface area (Å²) in [6, 6.07) is 16.9. The van der Waals surface area contributed by atoms with Crippen molar-refractivity contribution in [3.8, 4) is 11.5 Å². The molecule has 208 valence electrons. The molecule has 0 aliphatic heterocycles. The fourth-order valence-electron chi connectivity index (χ4n) is 4.00. The van der Waals surface area contributed by atoms with E-state index in [1.165, 1.54) is 68.6 Å². The van der Waals surface area contributed by atoms with Crippen LogP contribution in [0.2, 0.25) is 5.02 Å². The smallest absolute Gasteiger partial charge is 0.264 e. The van der Waals surface area contributed by atoms with Crippen molar-refractivity contribution in [3.63, 3.8) is 0 Å². The van der Waals surface area contributed by atoms with Crippen LogP contribution in [0.5, 0.6) is 11.5 Å². The van der Waals surface area contributed by atoms with Gasteiger partial charge in [0.25, 0.3) is 10.0 Å². The van der Waals surface area contributed by atoms with E-state index in [0.29, 0.717) is 10.8 Å². The summed E-state index contributed by atoms with van der Waals surface area (Å²) in [5.74, 6) is -0.365. The minimum Gasteiger partial charge on any atom is -0.493 e. The Kier molecular flexibility index (Phi) is 9.82. The van der Waals surface area contributed by atoms with Crippen molar-refractivity contribution in [2.45, 2.75) is 31.3 Å². The van der Waals surface area contributed by atoms with Gasteiger partial charge in [-0.2, -0.15) is 0 Å². The topological polar surface area (TPSA) is 105 Å². The summed E-state index contributed by atoms with van der Waals surface area (Å²) in [6.45, 7) is 3.06. The monoisotopic (exact) mass is 573 g/mol. The fourth-order valence-corrected chi connectivity index (χ4v) is 5.56. The van der Waals surface area contributed by atoms with E-state index in [2.05, 4.69) is 5.32 Å². The van der Waals surface area contributed by atoms with Crippen molar-refractivity contribution in [2.75, 3.05) is 32.1 Å². The number of halogens is 1. The lowest BCUT2D eigenvalue weighted by molar-refractivity contribution is -0.139. The van der Waals surface area contributed by atoms with E-state index >= 15 is 0 Å². The lowest BCUT2D eigenvalue weighted by Gasteiger charge is -2.32. The predicted octanol–water partition coefficient (Wildman–Crippen LogP) is 4.02. The number of nitrogens with one attached hydrogen (secondary N) is 1. The van der Waals surface area contributed by atoms with Crippen LogP contribution in [0, 0.1) is 6.92 Å². The molecule has 9 nitrogen and oxygen atoms in total. The zero-order valence-corrected chi connectivity index (χ0v) is 24.0. The van der Waals surface area contributed by atoms with E-state index in [0.717, 1.165) is 15.4 Å². The fraction of sp³-hybridized carbons (Fsp3) is 0.286. The van der Waals surface area contributed by atoms with Crippen LogP contribution in [-0.2, 0) is 26.2 Å². The number of sulfonamides is 1. The van der Waals surface area contributed by atoms with Crippen LogP contribution >= 0.6 is 11.6 Å². The maximum absolute atomic E-state index is 14.0. The van der Waals surface area contributed by atoms with Gasteiger partial charge in [-0.3, -0.25) is 13.9 Å². The van der Waals surface area contributed by atoms with E-state index in [1.807, 2.05) is 31.2 Å². The highest BCUT2D eigenvalue weighted by Gasteiger charge is 2.33. The van der Waals surface area contributed by atoms with Gasteiger partial charge in [0.15, 0.2) is 11.5 Å². The molecular weight excluding hydrogens is 542 g/mol. The lowest BCUT2D eigenvalue weighted by Crippen LogP contribution is -2.50. The molecule has 0 bridgehead atoms. The van der Waals surface area contributed by atoms with Crippen LogP contribution in [-0.4, -0.2) is 59.0 Å². The normalized spacial score (nSPS) is 11.8. The van der Waals surface area contributed by atoms with Crippen molar-refractivity contribution < 1.29 is 27.5 Å². The minimum atomic E-state index is -4.28. The summed E-state index contributed by atoms with van der Waals surface area (Å²) in [7, 11) is 0.0509. The Hall–Kier alpha value is -3.76. The second-order valence-corrected chi connectivity index (χ2v) is 11.0. The number of anilines is 1. The van der Waals surface area contributed by atoms with Crippen molar-refractivity contribution in [1.29, 1.82) is 0 Å². The van der Waals surface area contributed by atoms with Gasteiger partial charge in [-0.15, -0.1) is 0 Å². The molecule has 3 rings (SSSR count). The minimum absolute atomic E-state index is 0.104. The number of ether oxygens (including phenoxy) is 2. The lowest BCUT2D eigenvalue weighted by atomic mass is 10.1. The van der Waals surface area contributed by atoms with Gasteiger partial charge < -0.3 is 19.7 Å². The molecular formula is C28H32ClN3O6S. The molecule has 1 N–H and O–H groups in total. The molecule has 0 radical (unpaired) electrons. The number of amides is 2. The van der Waals surface area contributed by atoms with Gasteiger partial charge in [0.2, 0.25) is 11.8 Å². The zero-order valence-electron chi connectivity index (χ0n) is 22.5. The molecule has 39 heavy (non-hydrogen) atoms. The molecule has 3 aromatic rings. The summed E-state index contributed by atoms with van der Waals surface area (Å²) in [6.07, 6.45) is 0. The van der Waals surface area contributed by atoms with Crippen LogP contribution in [0.15, 0.2) is 71.6 Å². The molecule has 3 aromatic carbocycles. The Bertz CT molecular complexity index is 1430. The average molecular weight is 574 g/mol. The van der Waals surface area contributed by atoms with Crippen LogP contribution in [0.25, 0.3) is 0 Å². The zero-order chi connectivity index (χ0) is 28.7. The van der Waals surface area contributed by atoms with Gasteiger partial charge in [0.05, 0.1) is 24.8 Å². The Labute approximate surface area is 234 Å². The van der Waals surface area contributed by atoms with E-state index in [9.17, 15) is 18.0 Å². The Morgan fingerprint density at radius 1 is 0.974 bits per heavy atom. The molecule has 0 aliphatic carbocycles. The average Bonchev–Trinajstić information content (AvgIpc) is 2.94. The Morgan fingerprint density at radius 3 is 2.21 bits per heavy atom. The largest absolute Gasteiger partial charge is 0.493 e. The highest BCUT2D eigenvalue weighted by Crippen LogP contribution is 2.32. The molecule has 0 saturated heterocycles. The number of carbonyl (C=O) groups is 2. The highest BCUT2D eigenvalue weighted by atomic mass is 35.5. The first-order valence-electron chi connectivity index (χ1n) is 12.1. The van der Waals surface area contributed by atoms with E-state index in [-0.39, 0.29) is 28.8 Å². The summed E-state index contributed by atoms with van der Waals surface area (Å²) < 4.78 is 39.5. The maximum atomic E-state index is 14.0. The van der Waals surface area contributed by atoms with Gasteiger partial charge in [0.1, 0.15) is 12.6 Å². The highest BCUT2D eigenvalue weighted by molar-refractivity contribution is 7.92. The van der Waals surface area contributed by atoms with Crippen molar-refractivity contribution >= 4 is 39.1 Å². The van der Waals surface area contributed by atoms with Crippen LogP contribution in [0.4, 0.5) is 5.69 Å². The molecule has 2 amide bonds. The first kappa shape index (κ1) is 29.8. The molecule has 0 spiro atoms. The molecule has 0 aliphatic rings. The van der Waals surface area contributed by atoms with Crippen molar-refractivity contribution in [3.05, 3.63) is 82.9 Å². The molecule has 1 atom stereocenters. The van der Waals surface area contributed by atoms with Crippen LogP contribution in [0.1, 0.15) is 18.1 Å². The SMILES string of the molecule is CNC(=O)C(C)N(Cc1ccccc1C)C(=O)CN(c1ccc(Cl)cc1)S(=O)(=O)c1ccc(OC)c(OC)c1. The molecule has 11 heteroatoms. The van der Waals surface area contributed by atoms with Crippen molar-refractivity contribution in [2.24, 2.45) is 0 Å². The van der Waals surface area contributed by atoms with Gasteiger partial charge in [-0.1, -0.05) is 35.9 Å². The van der Waals surface area contributed by atoms with Gasteiger partial charge >= 0.3 is 0 Å². The van der Waals surface area contributed by atoms with Crippen LogP contribution < -0.4 is 19.1 Å². The number of benzene rings is 3. The van der Waals surface area contributed by atoms with Gasteiger partial charge in [-0.05, 0) is 61.4 Å². The van der Waals surface area contributed by atoms with E-state index < -0.39 is 28.5 Å². The third kappa shape index (κ3) is 6.82. The molecule has 0 fully saturated rings. The molecule has 0 aromatic heterocycles. The molecule has 0 saturated carbocycles. The number of rotatable bonds is 11. The van der Waals surface area contributed by atoms with E-state index in [1.54, 1.807) is 6.92 Å². The first-order chi connectivity index (χ1) is 18.5. The van der Waals surface area contributed by atoms with Crippen molar-refractivity contribution in [1.82, 2.24) is 10.2 Å². The molecule has 1 unspecified atom stereocenters. The summed E-state index contributed by atoms with van der Waals surface area (Å²) in [4.78, 5) is 27.7. The second kappa shape index (κ2) is 12.9. The standard InChI is InChI=1S/C28H32ClN3O6S/c1-19-8-6-7-9-21(19)17-31(20(2)28(34)30-3)27(33)18-32(23-12-10-22(29)11-13-23)39(35,36)24-14-15-25(37-4)26(16-24)38-5/h6-16,20H,17-18H2,1-5H3,(H,30,34).